The number of anilines is 1. The molecule has 28 heavy (non-hydrogen) atoms. The summed E-state index contributed by atoms with van der Waals surface area (Å²) in [5.74, 6) is 1.81. The monoisotopic (exact) mass is 370 g/mol. The summed E-state index contributed by atoms with van der Waals surface area (Å²) in [7, 11) is 0. The van der Waals surface area contributed by atoms with E-state index >= 15 is 0 Å². The van der Waals surface area contributed by atoms with Crippen LogP contribution in [0.25, 0.3) is 10.8 Å². The number of nitrogen functional groups attached to an aromatic ring is 1. The van der Waals surface area contributed by atoms with Crippen molar-refractivity contribution >= 4 is 16.6 Å². The van der Waals surface area contributed by atoms with Crippen molar-refractivity contribution in [3.63, 3.8) is 0 Å². The van der Waals surface area contributed by atoms with Gasteiger partial charge >= 0.3 is 5.88 Å². The Morgan fingerprint density at radius 2 is 1.79 bits per heavy atom. The molecule has 138 valence electrons. The van der Waals surface area contributed by atoms with Crippen LogP contribution in [0.15, 0.2) is 73.1 Å². The third-order valence-corrected chi connectivity index (χ3v) is 5.31. The third-order valence-electron chi connectivity index (χ3n) is 5.31. The minimum Gasteiger partial charge on any atom is -0.425 e. The smallest absolute Gasteiger partial charge is 0.306 e. The first-order valence-corrected chi connectivity index (χ1v) is 9.31. The molecule has 0 unspecified atom stereocenters. The minimum absolute atomic E-state index is 0.00653. The van der Waals surface area contributed by atoms with Crippen LogP contribution in [0.2, 0.25) is 0 Å². The molecule has 0 fully saturated rings. The van der Waals surface area contributed by atoms with Gasteiger partial charge in [0.05, 0.1) is 19.1 Å². The number of ether oxygens (including phenoxy) is 1. The second kappa shape index (κ2) is 6.62. The van der Waals surface area contributed by atoms with Gasteiger partial charge in [0.15, 0.2) is 0 Å². The molecule has 0 aliphatic carbocycles. The van der Waals surface area contributed by atoms with Crippen molar-refractivity contribution in [3.8, 4) is 11.6 Å². The third kappa shape index (κ3) is 2.52. The van der Waals surface area contributed by atoms with Crippen LogP contribution in [0, 0.1) is 0 Å². The van der Waals surface area contributed by atoms with Crippen molar-refractivity contribution in [2.75, 3.05) is 12.3 Å². The molecule has 5 rings (SSSR count). The average molecular weight is 370 g/mol. The second-order valence-electron chi connectivity index (χ2n) is 6.92. The molecule has 0 saturated heterocycles. The van der Waals surface area contributed by atoms with Gasteiger partial charge in [-0.3, -0.25) is 0 Å². The molecule has 5 nitrogen and oxygen atoms in total. The zero-order valence-corrected chi connectivity index (χ0v) is 15.2. The van der Waals surface area contributed by atoms with Gasteiger partial charge in [-0.25, -0.2) is 4.57 Å². The van der Waals surface area contributed by atoms with E-state index in [2.05, 4.69) is 41.4 Å². The standard InChI is InChI=1S/C23H19N3O2/c24-22-20-19(16-7-2-1-3-8-16)18-11-10-15-6-4-5-9-17(15)21(18)28-23(20)25-14-26(22)12-13-27/h1-11,14,19,24,27H,12-13H2/p+1/t19-/m1/s1. The highest BCUT2D eigenvalue weighted by atomic mass is 16.5. The molecular weight excluding hydrogens is 350 g/mol. The normalized spacial score (nSPS) is 15.0. The largest absolute Gasteiger partial charge is 0.425 e. The van der Waals surface area contributed by atoms with Gasteiger partial charge in [0.2, 0.25) is 12.1 Å². The summed E-state index contributed by atoms with van der Waals surface area (Å²) in [6.07, 6.45) is 1.63. The fraction of sp³-hybridized carbons (Fsp3) is 0.130. The lowest BCUT2D eigenvalue weighted by Gasteiger charge is -2.28. The molecule has 3 aromatic carbocycles. The number of nitrogens with zero attached hydrogens (tertiary/aromatic N) is 2. The summed E-state index contributed by atoms with van der Waals surface area (Å²) in [6, 6.07) is 22.7. The van der Waals surface area contributed by atoms with Crippen LogP contribution < -0.4 is 15.0 Å². The number of aromatic nitrogens is 2. The Hall–Kier alpha value is -3.44. The molecule has 4 aromatic rings. The van der Waals surface area contributed by atoms with Gasteiger partial charge in [-0.15, -0.1) is 0 Å². The molecule has 5 heteroatoms. The molecular formula is C23H20N3O2+. The molecule has 2 heterocycles. The van der Waals surface area contributed by atoms with Gasteiger partial charge in [-0.05, 0) is 10.9 Å². The van der Waals surface area contributed by atoms with Gasteiger partial charge in [0.1, 0.15) is 11.3 Å². The summed E-state index contributed by atoms with van der Waals surface area (Å²) in [5.41, 5.74) is 9.54. The average Bonchev–Trinajstić information content (AvgIpc) is 2.75. The highest BCUT2D eigenvalue weighted by Gasteiger charge is 2.36. The summed E-state index contributed by atoms with van der Waals surface area (Å²) in [4.78, 5) is 4.53. The van der Waals surface area contributed by atoms with Crippen LogP contribution in [-0.2, 0) is 6.54 Å². The fourth-order valence-electron chi connectivity index (χ4n) is 4.00. The predicted octanol–water partition coefficient (Wildman–Crippen LogP) is 3.38. The quantitative estimate of drug-likeness (QED) is 0.478. The van der Waals surface area contributed by atoms with E-state index in [1.165, 1.54) is 0 Å². The van der Waals surface area contributed by atoms with E-state index in [1.807, 2.05) is 30.3 Å². The van der Waals surface area contributed by atoms with E-state index in [0.29, 0.717) is 18.2 Å². The molecule has 0 radical (unpaired) electrons. The zero-order chi connectivity index (χ0) is 19.1. The number of fused-ring (bicyclic) bond motifs is 4. The van der Waals surface area contributed by atoms with Crippen molar-refractivity contribution < 1.29 is 14.4 Å². The van der Waals surface area contributed by atoms with Crippen LogP contribution in [0.3, 0.4) is 0 Å². The number of rotatable bonds is 3. The molecule has 1 aliphatic rings. The van der Waals surface area contributed by atoms with Crippen molar-refractivity contribution in [1.82, 2.24) is 4.98 Å². The predicted molar refractivity (Wildman–Crippen MR) is 107 cm³/mol. The lowest BCUT2D eigenvalue weighted by molar-refractivity contribution is -0.687. The van der Waals surface area contributed by atoms with Gasteiger partial charge in [0.25, 0.3) is 0 Å². The Labute approximate surface area is 162 Å². The van der Waals surface area contributed by atoms with E-state index < -0.39 is 0 Å². The minimum atomic E-state index is -0.0943. The molecule has 1 atom stereocenters. The van der Waals surface area contributed by atoms with E-state index in [-0.39, 0.29) is 12.5 Å². The summed E-state index contributed by atoms with van der Waals surface area (Å²) in [5, 5.41) is 11.5. The maximum atomic E-state index is 9.37. The maximum absolute atomic E-state index is 9.37. The first-order valence-electron chi connectivity index (χ1n) is 9.31. The van der Waals surface area contributed by atoms with Crippen molar-refractivity contribution in [2.24, 2.45) is 0 Å². The molecule has 1 aliphatic heterocycles. The Morgan fingerprint density at radius 3 is 2.61 bits per heavy atom. The SMILES string of the molecule is Nc1c2c(nc[n+]1CCO)Oc1c(ccc3ccccc13)[C@H]2c1ccccc1. The number of hydrogen-bond acceptors (Lipinski definition) is 4. The van der Waals surface area contributed by atoms with Gasteiger partial charge < -0.3 is 15.6 Å². The summed E-state index contributed by atoms with van der Waals surface area (Å²) in [6.45, 7) is 0.381. The first-order chi connectivity index (χ1) is 13.8. The fourth-order valence-corrected chi connectivity index (χ4v) is 4.00. The van der Waals surface area contributed by atoms with Crippen molar-refractivity contribution in [2.45, 2.75) is 12.5 Å². The molecule has 0 spiro atoms. The molecule has 0 amide bonds. The maximum Gasteiger partial charge on any atom is 0.306 e. The number of benzene rings is 3. The number of nitrogens with two attached hydrogens (primary N) is 1. The molecule has 3 N–H and O–H groups in total. The number of aliphatic hydroxyl groups is 1. The van der Waals surface area contributed by atoms with Crippen LogP contribution in [0.4, 0.5) is 5.82 Å². The Bertz CT molecular complexity index is 1180. The summed E-state index contributed by atoms with van der Waals surface area (Å²) >= 11 is 0. The lowest BCUT2D eigenvalue weighted by Crippen LogP contribution is -2.41. The van der Waals surface area contributed by atoms with Crippen LogP contribution in [0.5, 0.6) is 11.6 Å². The van der Waals surface area contributed by atoms with E-state index in [0.717, 1.165) is 33.2 Å². The Morgan fingerprint density at radius 1 is 1.00 bits per heavy atom. The van der Waals surface area contributed by atoms with Crippen molar-refractivity contribution in [1.29, 1.82) is 0 Å². The molecule has 1 aromatic heterocycles. The van der Waals surface area contributed by atoms with E-state index in [1.54, 1.807) is 10.9 Å². The Balaban J connectivity index is 1.81. The zero-order valence-electron chi connectivity index (χ0n) is 15.2. The van der Waals surface area contributed by atoms with Crippen molar-refractivity contribution in [3.05, 3.63) is 89.7 Å². The van der Waals surface area contributed by atoms with Crippen LogP contribution in [0.1, 0.15) is 22.6 Å². The highest BCUT2D eigenvalue weighted by molar-refractivity contribution is 5.91. The molecule has 0 saturated carbocycles. The van der Waals surface area contributed by atoms with E-state index in [4.69, 9.17) is 10.5 Å². The molecule has 0 bridgehead atoms. The number of hydrogen-bond donors (Lipinski definition) is 2. The number of aliphatic hydroxyl groups excluding tert-OH is 1. The van der Waals surface area contributed by atoms with Crippen LogP contribution >= 0.6 is 0 Å². The second-order valence-corrected chi connectivity index (χ2v) is 6.92. The lowest BCUT2D eigenvalue weighted by atomic mass is 9.82. The van der Waals surface area contributed by atoms with Gasteiger partial charge in [-0.2, -0.15) is 0 Å². The highest BCUT2D eigenvalue weighted by Crippen LogP contribution is 2.50. The van der Waals surface area contributed by atoms with E-state index in [9.17, 15) is 5.11 Å². The first kappa shape index (κ1) is 16.7. The Kier molecular flexibility index (Phi) is 3.95. The topological polar surface area (TPSA) is 72.2 Å². The van der Waals surface area contributed by atoms with Crippen LogP contribution in [-0.4, -0.2) is 16.7 Å². The van der Waals surface area contributed by atoms with Gasteiger partial charge in [0, 0.05) is 10.9 Å². The van der Waals surface area contributed by atoms with Gasteiger partial charge in [-0.1, -0.05) is 71.7 Å². The summed E-state index contributed by atoms with van der Waals surface area (Å²) < 4.78 is 8.06.